The molecule has 2 rings (SSSR count). The molecule has 30 heavy (non-hydrogen) atoms. The first kappa shape index (κ1) is 22.0. The van der Waals surface area contributed by atoms with Gasteiger partial charge in [0.15, 0.2) is 0 Å². The average molecular weight is 412 g/mol. The highest BCUT2D eigenvalue weighted by Gasteiger charge is 2.06. The van der Waals surface area contributed by atoms with E-state index in [1.165, 1.54) is 60.7 Å². The van der Waals surface area contributed by atoms with Gasteiger partial charge < -0.3 is 9.47 Å². The maximum absolute atomic E-state index is 11.6. The molecule has 2 aromatic rings. The number of hydrogen-bond acceptors (Lipinski definition) is 8. The van der Waals surface area contributed by atoms with Gasteiger partial charge in [-0.05, 0) is 35.4 Å². The van der Waals surface area contributed by atoms with Crippen LogP contribution in [0, 0.1) is 20.2 Å². The van der Waals surface area contributed by atoms with Crippen molar-refractivity contribution >= 4 is 23.3 Å². The van der Waals surface area contributed by atoms with E-state index in [2.05, 4.69) is 0 Å². The highest BCUT2D eigenvalue weighted by Crippen LogP contribution is 2.13. The number of carbonyl (C=O) groups excluding carboxylic acids is 2. The summed E-state index contributed by atoms with van der Waals surface area (Å²) in [6.45, 7) is -0.107. The number of allylic oxidation sites excluding steroid dienone is 2. The van der Waals surface area contributed by atoms with Gasteiger partial charge in [-0.3, -0.25) is 20.2 Å². The minimum absolute atomic E-state index is 0.0534. The number of esters is 2. The van der Waals surface area contributed by atoms with Gasteiger partial charge in [0.2, 0.25) is 0 Å². The fourth-order valence-electron chi connectivity index (χ4n) is 2.10. The van der Waals surface area contributed by atoms with E-state index in [0.29, 0.717) is 11.1 Å². The van der Waals surface area contributed by atoms with Crippen LogP contribution in [0.3, 0.4) is 0 Å². The summed E-state index contributed by atoms with van der Waals surface area (Å²) in [5.74, 6) is -1.31. The van der Waals surface area contributed by atoms with Crippen LogP contribution in [0.15, 0.2) is 72.8 Å². The number of nitro benzene ring substituents is 2. The summed E-state index contributed by atoms with van der Waals surface area (Å²) in [6.07, 6.45) is 4.80. The number of nitro groups is 2. The van der Waals surface area contributed by atoms with Crippen molar-refractivity contribution in [2.24, 2.45) is 0 Å². The Morgan fingerprint density at radius 2 is 1.03 bits per heavy atom. The summed E-state index contributed by atoms with van der Waals surface area (Å²) in [5, 5.41) is 21.1. The van der Waals surface area contributed by atoms with Crippen molar-refractivity contribution in [3.8, 4) is 0 Å². The molecule has 154 valence electrons. The highest BCUT2D eigenvalue weighted by atomic mass is 16.6. The molecular weight excluding hydrogens is 396 g/mol. The Balaban J connectivity index is 1.71. The molecular formula is C20H16N2O8. The van der Waals surface area contributed by atoms with Crippen LogP contribution in [0.5, 0.6) is 0 Å². The van der Waals surface area contributed by atoms with Gasteiger partial charge in [0.1, 0.15) is 13.2 Å². The molecule has 0 aliphatic rings. The molecule has 0 heterocycles. The Hall–Kier alpha value is -4.34. The number of hydrogen-bond donors (Lipinski definition) is 0. The van der Waals surface area contributed by atoms with Crippen LogP contribution in [-0.2, 0) is 32.3 Å². The SMILES string of the molecule is O=C(/C=C/C=C/C(=O)OCc1ccc([N+](=O)[O-])cc1)OCc1ccc([N+](=O)[O-])cc1. The Morgan fingerprint density at radius 1 is 0.700 bits per heavy atom. The molecule has 0 saturated carbocycles. The molecule has 0 atom stereocenters. The van der Waals surface area contributed by atoms with Crippen molar-refractivity contribution in [3.05, 3.63) is 104 Å². The molecule has 0 unspecified atom stereocenters. The second-order valence-corrected chi connectivity index (χ2v) is 5.78. The molecule has 10 nitrogen and oxygen atoms in total. The zero-order valence-corrected chi connectivity index (χ0v) is 15.5. The molecule has 10 heteroatoms. The third kappa shape index (κ3) is 7.35. The summed E-state index contributed by atoms with van der Waals surface area (Å²) >= 11 is 0. The number of benzene rings is 2. The minimum Gasteiger partial charge on any atom is -0.458 e. The normalized spacial score (nSPS) is 10.8. The third-order valence-electron chi connectivity index (χ3n) is 3.63. The van der Waals surface area contributed by atoms with Crippen molar-refractivity contribution in [1.82, 2.24) is 0 Å². The average Bonchev–Trinajstić information content (AvgIpc) is 2.74. The number of non-ortho nitro benzene ring substituents is 2. The number of carbonyl (C=O) groups is 2. The topological polar surface area (TPSA) is 139 Å². The highest BCUT2D eigenvalue weighted by molar-refractivity contribution is 5.84. The van der Waals surface area contributed by atoms with Crippen molar-refractivity contribution in [2.75, 3.05) is 0 Å². The van der Waals surface area contributed by atoms with E-state index in [1.54, 1.807) is 0 Å². The van der Waals surface area contributed by atoms with Crippen molar-refractivity contribution < 1.29 is 28.9 Å². The van der Waals surface area contributed by atoms with Gasteiger partial charge >= 0.3 is 11.9 Å². The minimum atomic E-state index is -0.655. The lowest BCUT2D eigenvalue weighted by Crippen LogP contribution is -2.01. The van der Waals surface area contributed by atoms with Crippen LogP contribution >= 0.6 is 0 Å². The molecule has 0 saturated heterocycles. The lowest BCUT2D eigenvalue weighted by molar-refractivity contribution is -0.385. The largest absolute Gasteiger partial charge is 0.458 e. The second kappa shape index (κ2) is 10.9. The molecule has 2 aromatic carbocycles. The van der Waals surface area contributed by atoms with Gasteiger partial charge in [0, 0.05) is 36.4 Å². The van der Waals surface area contributed by atoms with Crippen molar-refractivity contribution in [2.45, 2.75) is 13.2 Å². The number of rotatable bonds is 9. The lowest BCUT2D eigenvalue weighted by Gasteiger charge is -2.02. The number of ether oxygens (including phenoxy) is 2. The van der Waals surface area contributed by atoms with Crippen LogP contribution in [0.1, 0.15) is 11.1 Å². The van der Waals surface area contributed by atoms with Gasteiger partial charge in [-0.1, -0.05) is 12.2 Å². The summed E-state index contributed by atoms with van der Waals surface area (Å²) in [4.78, 5) is 43.3. The summed E-state index contributed by atoms with van der Waals surface area (Å²) in [7, 11) is 0. The Labute approximate surface area is 170 Å². The summed E-state index contributed by atoms with van der Waals surface area (Å²) in [6, 6.07) is 11.2. The number of nitrogens with zero attached hydrogens (tertiary/aromatic N) is 2. The maximum atomic E-state index is 11.6. The van der Waals surface area contributed by atoms with Crippen LogP contribution in [0.25, 0.3) is 0 Å². The van der Waals surface area contributed by atoms with Crippen molar-refractivity contribution in [3.63, 3.8) is 0 Å². The Bertz CT molecular complexity index is 897. The van der Waals surface area contributed by atoms with Crippen LogP contribution in [0.2, 0.25) is 0 Å². The molecule has 0 radical (unpaired) electrons. The summed E-state index contributed by atoms with van der Waals surface area (Å²) in [5.41, 5.74) is 1.06. The molecule has 0 bridgehead atoms. The zero-order chi connectivity index (χ0) is 21.9. The van der Waals surface area contributed by atoms with Crippen LogP contribution < -0.4 is 0 Å². The first-order valence-corrected chi connectivity index (χ1v) is 8.50. The van der Waals surface area contributed by atoms with Crippen LogP contribution in [0.4, 0.5) is 11.4 Å². The smallest absolute Gasteiger partial charge is 0.331 e. The molecule has 0 aliphatic heterocycles. The predicted molar refractivity (Wildman–Crippen MR) is 104 cm³/mol. The Kier molecular flexibility index (Phi) is 7.94. The third-order valence-corrected chi connectivity index (χ3v) is 3.63. The quantitative estimate of drug-likeness (QED) is 0.201. The fraction of sp³-hybridized carbons (Fsp3) is 0.100. The fourth-order valence-corrected chi connectivity index (χ4v) is 2.10. The van der Waals surface area contributed by atoms with Crippen molar-refractivity contribution in [1.29, 1.82) is 0 Å². The first-order chi connectivity index (χ1) is 14.3. The monoisotopic (exact) mass is 412 g/mol. The van der Waals surface area contributed by atoms with E-state index >= 15 is 0 Å². The van der Waals surface area contributed by atoms with E-state index in [0.717, 1.165) is 12.2 Å². The van der Waals surface area contributed by atoms with E-state index in [1.807, 2.05) is 0 Å². The van der Waals surface area contributed by atoms with Gasteiger partial charge in [-0.15, -0.1) is 0 Å². The Morgan fingerprint density at radius 3 is 1.33 bits per heavy atom. The van der Waals surface area contributed by atoms with Gasteiger partial charge in [0.05, 0.1) is 9.85 Å². The zero-order valence-electron chi connectivity index (χ0n) is 15.5. The van der Waals surface area contributed by atoms with E-state index in [9.17, 15) is 29.8 Å². The molecule has 0 aromatic heterocycles. The van der Waals surface area contributed by atoms with Gasteiger partial charge in [0.25, 0.3) is 11.4 Å². The van der Waals surface area contributed by atoms with Gasteiger partial charge in [-0.25, -0.2) is 9.59 Å². The maximum Gasteiger partial charge on any atom is 0.331 e. The van der Waals surface area contributed by atoms with Gasteiger partial charge in [-0.2, -0.15) is 0 Å². The van der Waals surface area contributed by atoms with E-state index in [-0.39, 0.29) is 24.6 Å². The molecule has 0 fully saturated rings. The molecule has 0 aliphatic carbocycles. The second-order valence-electron chi connectivity index (χ2n) is 5.78. The standard InChI is InChI=1S/C20H16N2O8/c23-19(29-13-15-5-9-17(10-6-15)21(25)26)3-1-2-4-20(24)30-14-16-7-11-18(12-8-16)22(27)28/h1-12H,13-14H2/b3-1+,4-2+. The predicted octanol–water partition coefficient (Wildman–Crippen LogP) is 3.40. The molecule has 0 N–H and O–H groups in total. The molecule has 0 spiro atoms. The lowest BCUT2D eigenvalue weighted by atomic mass is 10.2. The van der Waals surface area contributed by atoms with Crippen LogP contribution in [-0.4, -0.2) is 21.8 Å². The van der Waals surface area contributed by atoms with E-state index < -0.39 is 21.8 Å². The van der Waals surface area contributed by atoms with E-state index in [4.69, 9.17) is 9.47 Å². The summed E-state index contributed by atoms with van der Waals surface area (Å²) < 4.78 is 9.95. The molecule has 0 amide bonds. The first-order valence-electron chi connectivity index (χ1n) is 8.50.